The highest BCUT2D eigenvalue weighted by Crippen LogP contribution is 2.22. The highest BCUT2D eigenvalue weighted by atomic mass is 35.5. The Morgan fingerprint density at radius 3 is 2.60 bits per heavy atom. The molecule has 0 atom stereocenters. The van der Waals surface area contributed by atoms with Gasteiger partial charge in [0.2, 0.25) is 5.95 Å². The van der Waals surface area contributed by atoms with E-state index in [9.17, 15) is 0 Å². The number of benzene rings is 2. The van der Waals surface area contributed by atoms with Crippen LogP contribution in [-0.2, 0) is 6.42 Å². The molecule has 1 aromatic heterocycles. The minimum Gasteiger partial charge on any atom is -0.370 e. The van der Waals surface area contributed by atoms with Crippen LogP contribution in [0.2, 0.25) is 10.0 Å². The van der Waals surface area contributed by atoms with Gasteiger partial charge in [0.05, 0.1) is 0 Å². The lowest BCUT2D eigenvalue weighted by Gasteiger charge is -2.17. The summed E-state index contributed by atoms with van der Waals surface area (Å²) in [5, 5.41) is 4.64. The van der Waals surface area contributed by atoms with E-state index in [0.717, 1.165) is 23.5 Å². The first-order valence-electron chi connectivity index (χ1n) is 7.93. The summed E-state index contributed by atoms with van der Waals surface area (Å²) in [6.45, 7) is 0.715. The molecule has 0 bridgehead atoms. The van der Waals surface area contributed by atoms with Crippen molar-refractivity contribution in [1.82, 2.24) is 9.97 Å². The van der Waals surface area contributed by atoms with Crippen LogP contribution in [0.25, 0.3) is 0 Å². The predicted octanol–water partition coefficient (Wildman–Crippen LogP) is 5.21. The van der Waals surface area contributed by atoms with Crippen molar-refractivity contribution in [2.45, 2.75) is 6.42 Å². The normalized spacial score (nSPS) is 10.5. The summed E-state index contributed by atoms with van der Waals surface area (Å²) in [5.41, 5.74) is 2.09. The summed E-state index contributed by atoms with van der Waals surface area (Å²) in [6, 6.07) is 17.4. The Kier molecular flexibility index (Phi) is 5.74. The van der Waals surface area contributed by atoms with Crippen LogP contribution in [0.5, 0.6) is 0 Å². The zero-order valence-electron chi connectivity index (χ0n) is 13.8. The number of hydrogen-bond donors (Lipinski definition) is 1. The third-order valence-electron chi connectivity index (χ3n) is 3.80. The van der Waals surface area contributed by atoms with Crippen molar-refractivity contribution < 1.29 is 0 Å². The molecule has 1 N–H and O–H groups in total. The molecule has 0 aliphatic rings. The second-order valence-electron chi connectivity index (χ2n) is 5.55. The van der Waals surface area contributed by atoms with E-state index < -0.39 is 0 Å². The van der Waals surface area contributed by atoms with Gasteiger partial charge in [0.25, 0.3) is 0 Å². The number of rotatable bonds is 6. The summed E-state index contributed by atoms with van der Waals surface area (Å²) < 4.78 is 0. The third-order valence-corrected chi connectivity index (χ3v) is 4.39. The molecule has 128 valence electrons. The number of nitrogens with one attached hydrogen (secondary N) is 1. The molecule has 0 saturated carbocycles. The van der Waals surface area contributed by atoms with Gasteiger partial charge >= 0.3 is 0 Å². The largest absolute Gasteiger partial charge is 0.370 e. The lowest BCUT2D eigenvalue weighted by Crippen LogP contribution is -2.14. The van der Waals surface area contributed by atoms with Crippen molar-refractivity contribution in [2.75, 3.05) is 23.8 Å². The van der Waals surface area contributed by atoms with Crippen LogP contribution in [0.1, 0.15) is 5.56 Å². The molecule has 25 heavy (non-hydrogen) atoms. The maximum atomic E-state index is 6.20. The van der Waals surface area contributed by atoms with Gasteiger partial charge in [-0.1, -0.05) is 47.5 Å². The quantitative estimate of drug-likeness (QED) is 0.644. The molecule has 6 heteroatoms. The monoisotopic (exact) mass is 372 g/mol. The van der Waals surface area contributed by atoms with Crippen molar-refractivity contribution in [3.63, 3.8) is 0 Å². The average Bonchev–Trinajstić information content (AvgIpc) is 2.64. The fourth-order valence-electron chi connectivity index (χ4n) is 2.43. The van der Waals surface area contributed by atoms with Crippen LogP contribution >= 0.6 is 23.2 Å². The molecule has 0 spiro atoms. The lowest BCUT2D eigenvalue weighted by atomic mass is 10.1. The fourth-order valence-corrected chi connectivity index (χ4v) is 2.93. The van der Waals surface area contributed by atoms with Gasteiger partial charge in [-0.25, -0.2) is 4.98 Å². The minimum absolute atomic E-state index is 0.640. The van der Waals surface area contributed by atoms with Gasteiger partial charge in [0, 0.05) is 35.5 Å². The highest BCUT2D eigenvalue weighted by Gasteiger charge is 2.07. The van der Waals surface area contributed by atoms with Gasteiger partial charge in [-0.3, -0.25) is 0 Å². The molecule has 0 unspecified atom stereocenters. The number of anilines is 3. The van der Waals surface area contributed by atoms with Crippen molar-refractivity contribution in [3.05, 3.63) is 76.4 Å². The first-order chi connectivity index (χ1) is 12.1. The zero-order valence-corrected chi connectivity index (χ0v) is 15.3. The first kappa shape index (κ1) is 17.5. The van der Waals surface area contributed by atoms with E-state index >= 15 is 0 Å². The number of para-hydroxylation sites is 1. The Balaban J connectivity index is 1.64. The molecule has 0 aliphatic carbocycles. The average molecular weight is 373 g/mol. The van der Waals surface area contributed by atoms with E-state index in [1.54, 1.807) is 12.3 Å². The number of hydrogen-bond acceptors (Lipinski definition) is 4. The van der Waals surface area contributed by atoms with Gasteiger partial charge in [0.1, 0.15) is 5.82 Å². The summed E-state index contributed by atoms with van der Waals surface area (Å²) in [4.78, 5) is 10.9. The van der Waals surface area contributed by atoms with Crippen LogP contribution in [0.4, 0.5) is 17.5 Å². The molecule has 0 amide bonds. The Labute approximate surface area is 157 Å². The molecule has 0 fully saturated rings. The number of halogens is 2. The lowest BCUT2D eigenvalue weighted by molar-refractivity contribution is 0.985. The van der Waals surface area contributed by atoms with Crippen LogP contribution < -0.4 is 10.2 Å². The fraction of sp³-hybridized carbons (Fsp3) is 0.158. The summed E-state index contributed by atoms with van der Waals surface area (Å²) in [6.07, 6.45) is 2.53. The molecule has 0 aliphatic heterocycles. The molecule has 3 rings (SSSR count). The Hall–Kier alpha value is -2.30. The maximum absolute atomic E-state index is 6.20. The Morgan fingerprint density at radius 2 is 1.84 bits per heavy atom. The van der Waals surface area contributed by atoms with Gasteiger partial charge in [-0.2, -0.15) is 4.98 Å². The Morgan fingerprint density at radius 1 is 1.04 bits per heavy atom. The summed E-state index contributed by atoms with van der Waals surface area (Å²) >= 11 is 12.1. The van der Waals surface area contributed by atoms with E-state index in [4.69, 9.17) is 23.2 Å². The zero-order chi connectivity index (χ0) is 17.6. The second-order valence-corrected chi connectivity index (χ2v) is 6.39. The predicted molar refractivity (Wildman–Crippen MR) is 105 cm³/mol. The van der Waals surface area contributed by atoms with Gasteiger partial charge in [-0.15, -0.1) is 0 Å². The van der Waals surface area contributed by atoms with E-state index in [2.05, 4.69) is 15.3 Å². The third kappa shape index (κ3) is 4.62. The van der Waals surface area contributed by atoms with Crippen LogP contribution in [0.15, 0.2) is 60.8 Å². The molecular formula is C19H18Cl2N4. The Bertz CT molecular complexity index is 840. The standard InChI is InChI=1S/C19H18Cl2N4/c1-25(16-5-3-2-4-6-16)19-23-12-10-18(24-19)22-11-9-14-7-8-15(20)13-17(14)21/h2-8,10,12-13H,9,11H2,1H3,(H,22,23,24). The summed E-state index contributed by atoms with van der Waals surface area (Å²) in [7, 11) is 1.95. The molecule has 0 radical (unpaired) electrons. The molecular weight excluding hydrogens is 355 g/mol. The van der Waals surface area contributed by atoms with Gasteiger partial charge < -0.3 is 10.2 Å². The molecule has 3 aromatic rings. The number of nitrogens with zero attached hydrogens (tertiary/aromatic N) is 3. The van der Waals surface area contributed by atoms with Gasteiger partial charge in [0.15, 0.2) is 0 Å². The SMILES string of the molecule is CN(c1ccccc1)c1nccc(NCCc2ccc(Cl)cc2Cl)n1. The smallest absolute Gasteiger partial charge is 0.231 e. The number of aromatic nitrogens is 2. The highest BCUT2D eigenvalue weighted by molar-refractivity contribution is 6.35. The van der Waals surface area contributed by atoms with E-state index in [0.29, 0.717) is 22.5 Å². The van der Waals surface area contributed by atoms with E-state index in [1.807, 2.05) is 60.5 Å². The first-order valence-corrected chi connectivity index (χ1v) is 8.69. The molecule has 0 saturated heterocycles. The van der Waals surface area contributed by atoms with Crippen LogP contribution in [0, 0.1) is 0 Å². The van der Waals surface area contributed by atoms with Crippen LogP contribution in [0.3, 0.4) is 0 Å². The van der Waals surface area contributed by atoms with Crippen molar-refractivity contribution >= 4 is 40.7 Å². The molecule has 1 heterocycles. The van der Waals surface area contributed by atoms with Crippen molar-refractivity contribution in [1.29, 1.82) is 0 Å². The van der Waals surface area contributed by atoms with E-state index in [-0.39, 0.29) is 0 Å². The molecule has 2 aromatic carbocycles. The topological polar surface area (TPSA) is 41.1 Å². The van der Waals surface area contributed by atoms with Crippen molar-refractivity contribution in [2.24, 2.45) is 0 Å². The summed E-state index contributed by atoms with van der Waals surface area (Å²) in [5.74, 6) is 1.42. The van der Waals surface area contributed by atoms with E-state index in [1.165, 1.54) is 0 Å². The van der Waals surface area contributed by atoms with Crippen molar-refractivity contribution in [3.8, 4) is 0 Å². The van der Waals surface area contributed by atoms with Gasteiger partial charge in [-0.05, 0) is 42.3 Å². The van der Waals surface area contributed by atoms with Crippen LogP contribution in [-0.4, -0.2) is 23.6 Å². The second kappa shape index (κ2) is 8.19. The maximum Gasteiger partial charge on any atom is 0.231 e. The molecule has 4 nitrogen and oxygen atoms in total. The minimum atomic E-state index is 0.640.